The van der Waals surface area contributed by atoms with Crippen LogP contribution in [0.25, 0.3) is 11.5 Å². The molecule has 1 aliphatic rings. The van der Waals surface area contributed by atoms with Crippen LogP contribution in [0.5, 0.6) is 0 Å². The van der Waals surface area contributed by atoms with Crippen LogP contribution in [0.3, 0.4) is 0 Å². The van der Waals surface area contributed by atoms with Crippen LogP contribution >= 0.6 is 0 Å². The van der Waals surface area contributed by atoms with E-state index in [1.807, 2.05) is 12.1 Å². The molecule has 1 aromatic carbocycles. The zero-order valence-electron chi connectivity index (χ0n) is 10.6. The number of hydrogen-bond donors (Lipinski definition) is 1. The lowest BCUT2D eigenvalue weighted by Gasteiger charge is -2.17. The van der Waals surface area contributed by atoms with E-state index in [0.717, 1.165) is 48.7 Å². The van der Waals surface area contributed by atoms with Gasteiger partial charge < -0.3 is 10.2 Å². The number of aromatic nitrogens is 1. The number of fused-ring (bicyclic) bond motifs is 1. The molecule has 3 nitrogen and oxygen atoms in total. The molecule has 2 N–H and O–H groups in total. The molecular formula is C15H18N2O. The van der Waals surface area contributed by atoms with E-state index in [0.29, 0.717) is 5.92 Å². The lowest BCUT2D eigenvalue weighted by atomic mass is 9.91. The van der Waals surface area contributed by atoms with Crippen molar-refractivity contribution in [2.75, 3.05) is 6.54 Å². The fraction of sp³-hybridized carbons (Fsp3) is 0.400. The highest BCUT2D eigenvalue weighted by Gasteiger charge is 2.23. The molecule has 3 rings (SSSR count). The van der Waals surface area contributed by atoms with Crippen molar-refractivity contribution in [1.29, 1.82) is 0 Å². The van der Waals surface area contributed by atoms with E-state index in [1.165, 1.54) is 5.56 Å². The molecule has 0 amide bonds. The van der Waals surface area contributed by atoms with Crippen molar-refractivity contribution in [3.05, 3.63) is 41.3 Å². The smallest absolute Gasteiger partial charge is 0.226 e. The molecule has 94 valence electrons. The fourth-order valence-electron chi connectivity index (χ4n) is 2.57. The first-order chi connectivity index (χ1) is 8.78. The Hall–Kier alpha value is -1.61. The molecule has 1 unspecified atom stereocenters. The van der Waals surface area contributed by atoms with Crippen LogP contribution in [-0.4, -0.2) is 11.5 Å². The average Bonchev–Trinajstić information content (AvgIpc) is 2.81. The van der Waals surface area contributed by atoms with Crippen LogP contribution in [-0.2, 0) is 12.8 Å². The van der Waals surface area contributed by atoms with Crippen molar-refractivity contribution in [3.63, 3.8) is 0 Å². The summed E-state index contributed by atoms with van der Waals surface area (Å²) in [6, 6.07) is 8.20. The lowest BCUT2D eigenvalue weighted by Crippen LogP contribution is -2.21. The van der Waals surface area contributed by atoms with Crippen LogP contribution in [0, 0.1) is 12.8 Å². The summed E-state index contributed by atoms with van der Waals surface area (Å²) in [6.07, 6.45) is 3.06. The molecule has 0 aliphatic heterocycles. The summed E-state index contributed by atoms with van der Waals surface area (Å²) < 4.78 is 5.94. The van der Waals surface area contributed by atoms with E-state index in [4.69, 9.17) is 10.2 Å². The minimum absolute atomic E-state index is 0.551. The summed E-state index contributed by atoms with van der Waals surface area (Å²) in [5, 5.41) is 0. The van der Waals surface area contributed by atoms with Gasteiger partial charge in [0.25, 0.3) is 0 Å². The number of hydrogen-bond acceptors (Lipinski definition) is 3. The monoisotopic (exact) mass is 242 g/mol. The first-order valence-electron chi connectivity index (χ1n) is 6.52. The lowest BCUT2D eigenvalue weighted by molar-refractivity contribution is 0.401. The summed E-state index contributed by atoms with van der Waals surface area (Å²) in [5.41, 5.74) is 9.16. The third kappa shape index (κ3) is 1.95. The van der Waals surface area contributed by atoms with E-state index >= 15 is 0 Å². The van der Waals surface area contributed by atoms with Gasteiger partial charge in [-0.05, 0) is 43.9 Å². The molecule has 2 aromatic rings. The second-order valence-electron chi connectivity index (χ2n) is 5.05. The Labute approximate surface area is 107 Å². The number of nitrogens with zero attached hydrogens (tertiary/aromatic N) is 1. The van der Waals surface area contributed by atoms with Gasteiger partial charge in [-0.15, -0.1) is 0 Å². The molecule has 0 bridgehead atoms. The van der Waals surface area contributed by atoms with E-state index < -0.39 is 0 Å². The molecule has 18 heavy (non-hydrogen) atoms. The van der Waals surface area contributed by atoms with Crippen molar-refractivity contribution < 1.29 is 4.42 Å². The van der Waals surface area contributed by atoms with Crippen molar-refractivity contribution in [2.24, 2.45) is 11.7 Å². The Bertz CT molecular complexity index is 559. The second kappa shape index (κ2) is 4.58. The minimum Gasteiger partial charge on any atom is -0.441 e. The molecule has 1 heterocycles. The topological polar surface area (TPSA) is 52.0 Å². The molecule has 1 aromatic heterocycles. The van der Waals surface area contributed by atoms with Crippen LogP contribution in [0.1, 0.15) is 23.4 Å². The van der Waals surface area contributed by atoms with Crippen LogP contribution < -0.4 is 5.73 Å². The number of nitrogens with two attached hydrogens (primary N) is 1. The highest BCUT2D eigenvalue weighted by Crippen LogP contribution is 2.30. The molecule has 0 saturated carbocycles. The van der Waals surface area contributed by atoms with Crippen molar-refractivity contribution in [2.45, 2.75) is 26.2 Å². The number of rotatable bonds is 2. The quantitative estimate of drug-likeness (QED) is 0.881. The first kappa shape index (κ1) is 11.5. The van der Waals surface area contributed by atoms with Crippen LogP contribution in [0.2, 0.25) is 0 Å². The van der Waals surface area contributed by atoms with Gasteiger partial charge in [0.05, 0.1) is 5.69 Å². The maximum atomic E-state index is 5.94. The molecule has 0 saturated heterocycles. The third-order valence-electron chi connectivity index (χ3n) is 3.75. The van der Waals surface area contributed by atoms with Gasteiger partial charge >= 0.3 is 0 Å². The van der Waals surface area contributed by atoms with Gasteiger partial charge in [-0.25, -0.2) is 4.98 Å². The Kier molecular flexibility index (Phi) is 2.92. The average molecular weight is 242 g/mol. The zero-order valence-corrected chi connectivity index (χ0v) is 10.6. The SMILES string of the molecule is Cc1ccccc1-c1nc2c(o1)CC(CN)CC2. The predicted octanol–water partition coefficient (Wildman–Crippen LogP) is 2.71. The molecule has 3 heteroatoms. The second-order valence-corrected chi connectivity index (χ2v) is 5.05. The summed E-state index contributed by atoms with van der Waals surface area (Å²) in [7, 11) is 0. The van der Waals surface area contributed by atoms with Gasteiger partial charge in [-0.3, -0.25) is 0 Å². The maximum Gasteiger partial charge on any atom is 0.226 e. The van der Waals surface area contributed by atoms with Crippen molar-refractivity contribution >= 4 is 0 Å². The molecule has 1 atom stereocenters. The molecule has 0 fully saturated rings. The Morgan fingerprint density at radius 3 is 3.00 bits per heavy atom. The molecule has 0 radical (unpaired) electrons. The molecule has 0 spiro atoms. The number of aryl methyl sites for hydroxylation is 2. The van der Waals surface area contributed by atoms with Gasteiger partial charge in [-0.2, -0.15) is 0 Å². The fourth-order valence-corrected chi connectivity index (χ4v) is 2.57. The summed E-state index contributed by atoms with van der Waals surface area (Å²) in [6.45, 7) is 2.82. The van der Waals surface area contributed by atoms with Crippen molar-refractivity contribution in [1.82, 2.24) is 4.98 Å². The van der Waals surface area contributed by atoms with E-state index in [1.54, 1.807) is 0 Å². The number of benzene rings is 1. The highest BCUT2D eigenvalue weighted by molar-refractivity contribution is 5.58. The normalized spacial score (nSPS) is 18.7. The summed E-state index contributed by atoms with van der Waals surface area (Å²) in [4.78, 5) is 4.64. The van der Waals surface area contributed by atoms with Crippen LogP contribution in [0.15, 0.2) is 28.7 Å². The van der Waals surface area contributed by atoms with Gasteiger partial charge in [0.1, 0.15) is 5.76 Å². The van der Waals surface area contributed by atoms with Crippen LogP contribution in [0.4, 0.5) is 0 Å². The standard InChI is InChI=1S/C15H18N2O/c1-10-4-2-3-5-12(10)15-17-13-7-6-11(9-16)8-14(13)18-15/h2-5,11H,6-9,16H2,1H3. The van der Waals surface area contributed by atoms with E-state index in [9.17, 15) is 0 Å². The van der Waals surface area contributed by atoms with Gasteiger partial charge in [0.2, 0.25) is 5.89 Å². The predicted molar refractivity (Wildman–Crippen MR) is 71.2 cm³/mol. The van der Waals surface area contributed by atoms with E-state index in [-0.39, 0.29) is 0 Å². The van der Waals surface area contributed by atoms with Gasteiger partial charge in [0.15, 0.2) is 0 Å². The Morgan fingerprint density at radius 2 is 2.22 bits per heavy atom. The summed E-state index contributed by atoms with van der Waals surface area (Å²) >= 11 is 0. The van der Waals surface area contributed by atoms with Crippen molar-refractivity contribution in [3.8, 4) is 11.5 Å². The maximum absolute atomic E-state index is 5.94. The summed E-state index contributed by atoms with van der Waals surface area (Å²) in [5.74, 6) is 2.35. The van der Waals surface area contributed by atoms with Gasteiger partial charge in [-0.1, -0.05) is 18.2 Å². The third-order valence-corrected chi connectivity index (χ3v) is 3.75. The Balaban J connectivity index is 1.97. The Morgan fingerprint density at radius 1 is 1.39 bits per heavy atom. The van der Waals surface area contributed by atoms with Gasteiger partial charge in [0, 0.05) is 12.0 Å². The van der Waals surface area contributed by atoms with E-state index in [2.05, 4.69) is 24.0 Å². The zero-order chi connectivity index (χ0) is 12.5. The molecular weight excluding hydrogens is 224 g/mol. The molecule has 1 aliphatic carbocycles. The first-order valence-corrected chi connectivity index (χ1v) is 6.52. The number of oxazole rings is 1. The highest BCUT2D eigenvalue weighted by atomic mass is 16.4. The minimum atomic E-state index is 0.551. The largest absolute Gasteiger partial charge is 0.441 e.